The van der Waals surface area contributed by atoms with Gasteiger partial charge in [-0.1, -0.05) is 18.2 Å². The molecule has 1 aliphatic heterocycles. The van der Waals surface area contributed by atoms with Gasteiger partial charge in [0.05, 0.1) is 17.7 Å². The Morgan fingerprint density at radius 1 is 1.19 bits per heavy atom. The van der Waals surface area contributed by atoms with Gasteiger partial charge in [-0.15, -0.1) is 0 Å². The zero-order valence-corrected chi connectivity index (χ0v) is 15.9. The fourth-order valence-electron chi connectivity index (χ4n) is 2.98. The second kappa shape index (κ2) is 8.41. The van der Waals surface area contributed by atoms with Gasteiger partial charge >= 0.3 is 0 Å². The number of carbonyl (C=O) groups is 1. The van der Waals surface area contributed by atoms with E-state index in [4.69, 9.17) is 4.74 Å². The average Bonchev–Trinajstić information content (AvgIpc) is 2.69. The lowest BCUT2D eigenvalue weighted by molar-refractivity contribution is 0.0930. The Morgan fingerprint density at radius 2 is 2.00 bits per heavy atom. The Kier molecular flexibility index (Phi) is 5.98. The van der Waals surface area contributed by atoms with E-state index in [2.05, 4.69) is 15.4 Å². The maximum absolute atomic E-state index is 12.7. The smallest absolute Gasteiger partial charge is 0.262 e. The monoisotopic (exact) mass is 389 g/mol. The average molecular weight is 389 g/mol. The molecular formula is C19H23N3O4S. The van der Waals surface area contributed by atoms with Gasteiger partial charge in [0.15, 0.2) is 0 Å². The van der Waals surface area contributed by atoms with Crippen LogP contribution in [0.15, 0.2) is 53.4 Å². The molecule has 1 unspecified atom stereocenters. The Labute approximate surface area is 159 Å². The molecule has 2 aromatic rings. The van der Waals surface area contributed by atoms with Gasteiger partial charge in [-0.3, -0.25) is 9.52 Å². The number of carbonyl (C=O) groups excluding carboxylic acids is 1. The van der Waals surface area contributed by atoms with E-state index in [9.17, 15) is 13.2 Å². The van der Waals surface area contributed by atoms with Crippen molar-refractivity contribution in [2.24, 2.45) is 0 Å². The summed E-state index contributed by atoms with van der Waals surface area (Å²) in [6.07, 6.45) is 1.91. The van der Waals surface area contributed by atoms with Crippen LogP contribution in [0.25, 0.3) is 0 Å². The molecule has 8 heteroatoms. The molecule has 2 aromatic carbocycles. The van der Waals surface area contributed by atoms with E-state index >= 15 is 0 Å². The number of para-hydroxylation sites is 2. The van der Waals surface area contributed by atoms with Crippen molar-refractivity contribution in [3.8, 4) is 5.75 Å². The lowest BCUT2D eigenvalue weighted by Gasteiger charge is -2.23. The Morgan fingerprint density at radius 3 is 2.74 bits per heavy atom. The first-order valence-corrected chi connectivity index (χ1v) is 10.3. The number of methoxy groups -OCH3 is 1. The number of amides is 1. The minimum Gasteiger partial charge on any atom is -0.495 e. The summed E-state index contributed by atoms with van der Waals surface area (Å²) in [4.78, 5) is 12.5. The van der Waals surface area contributed by atoms with Gasteiger partial charge in [0.25, 0.3) is 15.9 Å². The van der Waals surface area contributed by atoms with E-state index in [1.807, 2.05) is 0 Å². The Bertz CT molecular complexity index is 909. The maximum Gasteiger partial charge on any atom is 0.262 e. The highest BCUT2D eigenvalue weighted by atomic mass is 32.2. The van der Waals surface area contributed by atoms with Gasteiger partial charge < -0.3 is 15.4 Å². The van der Waals surface area contributed by atoms with Crippen LogP contribution in [-0.4, -0.2) is 40.6 Å². The molecule has 1 aliphatic rings. The minimum atomic E-state index is -3.86. The molecule has 1 saturated heterocycles. The van der Waals surface area contributed by atoms with Crippen LogP contribution in [0.5, 0.6) is 5.75 Å². The lowest BCUT2D eigenvalue weighted by atomic mass is 10.1. The van der Waals surface area contributed by atoms with E-state index in [-0.39, 0.29) is 16.8 Å². The van der Waals surface area contributed by atoms with Crippen molar-refractivity contribution < 1.29 is 17.9 Å². The van der Waals surface area contributed by atoms with E-state index in [0.29, 0.717) is 17.0 Å². The second-order valence-electron chi connectivity index (χ2n) is 6.35. The highest BCUT2D eigenvalue weighted by Gasteiger charge is 2.20. The summed E-state index contributed by atoms with van der Waals surface area (Å²) >= 11 is 0. The van der Waals surface area contributed by atoms with Crippen molar-refractivity contribution in [3.63, 3.8) is 0 Å². The SMILES string of the molecule is COc1ccccc1NS(=O)(=O)c1cccc(C(=O)NC2CCCNC2)c1. The number of rotatable bonds is 6. The molecule has 144 valence electrons. The Balaban J connectivity index is 1.78. The van der Waals surface area contributed by atoms with Crippen LogP contribution in [0.1, 0.15) is 23.2 Å². The molecule has 0 aromatic heterocycles. The minimum absolute atomic E-state index is 0.0165. The van der Waals surface area contributed by atoms with Crippen molar-refractivity contribution in [1.82, 2.24) is 10.6 Å². The standard InChI is InChI=1S/C19H23N3O4S/c1-26-18-10-3-2-9-17(18)22-27(24,25)16-8-4-6-14(12-16)19(23)21-15-7-5-11-20-13-15/h2-4,6,8-10,12,15,20,22H,5,7,11,13H2,1H3,(H,21,23). The molecule has 0 bridgehead atoms. The van der Waals surface area contributed by atoms with Crippen molar-refractivity contribution in [2.75, 3.05) is 24.9 Å². The zero-order chi connectivity index (χ0) is 19.3. The van der Waals surface area contributed by atoms with Crippen LogP contribution in [-0.2, 0) is 10.0 Å². The molecule has 0 saturated carbocycles. The van der Waals surface area contributed by atoms with Crippen molar-refractivity contribution in [3.05, 3.63) is 54.1 Å². The van der Waals surface area contributed by atoms with Gasteiger partial charge in [-0.05, 0) is 49.7 Å². The number of piperidine rings is 1. The second-order valence-corrected chi connectivity index (χ2v) is 8.03. The van der Waals surface area contributed by atoms with Crippen LogP contribution in [0, 0.1) is 0 Å². The van der Waals surface area contributed by atoms with Gasteiger partial charge in [0.1, 0.15) is 5.75 Å². The van der Waals surface area contributed by atoms with E-state index < -0.39 is 10.0 Å². The molecule has 0 radical (unpaired) electrons. The quantitative estimate of drug-likeness (QED) is 0.702. The molecule has 3 N–H and O–H groups in total. The number of benzene rings is 2. The predicted octanol–water partition coefficient (Wildman–Crippen LogP) is 1.98. The first kappa shape index (κ1) is 19.2. The zero-order valence-electron chi connectivity index (χ0n) is 15.1. The fourth-order valence-corrected chi connectivity index (χ4v) is 4.10. The van der Waals surface area contributed by atoms with Gasteiger partial charge in [-0.25, -0.2) is 8.42 Å². The molecule has 27 heavy (non-hydrogen) atoms. The summed E-state index contributed by atoms with van der Waals surface area (Å²) in [6.45, 7) is 1.67. The molecule has 1 atom stereocenters. The molecule has 0 aliphatic carbocycles. The third kappa shape index (κ3) is 4.78. The summed E-state index contributed by atoms with van der Waals surface area (Å²) in [5, 5.41) is 6.18. The predicted molar refractivity (Wildman–Crippen MR) is 104 cm³/mol. The third-order valence-electron chi connectivity index (χ3n) is 4.39. The number of hydrogen-bond acceptors (Lipinski definition) is 5. The van der Waals surface area contributed by atoms with E-state index in [1.54, 1.807) is 36.4 Å². The van der Waals surface area contributed by atoms with Gasteiger partial charge in [0, 0.05) is 18.2 Å². The Hall–Kier alpha value is -2.58. The molecule has 7 nitrogen and oxygen atoms in total. The van der Waals surface area contributed by atoms with Crippen molar-refractivity contribution in [1.29, 1.82) is 0 Å². The third-order valence-corrected chi connectivity index (χ3v) is 5.75. The first-order chi connectivity index (χ1) is 13.0. The topological polar surface area (TPSA) is 96.5 Å². The van der Waals surface area contributed by atoms with Crippen LogP contribution >= 0.6 is 0 Å². The molecule has 1 heterocycles. The maximum atomic E-state index is 12.7. The highest BCUT2D eigenvalue weighted by Crippen LogP contribution is 2.26. The van der Waals surface area contributed by atoms with Crippen LogP contribution in [0.3, 0.4) is 0 Å². The number of anilines is 1. The largest absolute Gasteiger partial charge is 0.495 e. The summed E-state index contributed by atoms with van der Waals surface area (Å²) < 4.78 is 33.1. The summed E-state index contributed by atoms with van der Waals surface area (Å²) in [6, 6.07) is 12.8. The molecule has 3 rings (SSSR count). The van der Waals surface area contributed by atoms with E-state index in [0.717, 1.165) is 25.9 Å². The number of hydrogen-bond donors (Lipinski definition) is 3. The van der Waals surface area contributed by atoms with Gasteiger partial charge in [-0.2, -0.15) is 0 Å². The summed E-state index contributed by atoms with van der Waals surface area (Å²) in [5.41, 5.74) is 0.645. The first-order valence-electron chi connectivity index (χ1n) is 8.77. The molecule has 1 fully saturated rings. The van der Waals surface area contributed by atoms with Crippen molar-refractivity contribution >= 4 is 21.6 Å². The molecular weight excluding hydrogens is 366 g/mol. The number of sulfonamides is 1. The van der Waals surface area contributed by atoms with E-state index in [1.165, 1.54) is 19.2 Å². The summed E-state index contributed by atoms with van der Waals surface area (Å²) in [7, 11) is -2.39. The fraction of sp³-hybridized carbons (Fsp3) is 0.316. The van der Waals surface area contributed by atoms with Crippen LogP contribution in [0.2, 0.25) is 0 Å². The molecule has 1 amide bonds. The van der Waals surface area contributed by atoms with Crippen molar-refractivity contribution in [2.45, 2.75) is 23.8 Å². The highest BCUT2D eigenvalue weighted by molar-refractivity contribution is 7.92. The van der Waals surface area contributed by atoms with Crippen LogP contribution in [0.4, 0.5) is 5.69 Å². The number of nitrogens with one attached hydrogen (secondary N) is 3. The van der Waals surface area contributed by atoms with Crippen LogP contribution < -0.4 is 20.1 Å². The lowest BCUT2D eigenvalue weighted by Crippen LogP contribution is -2.45. The number of ether oxygens (including phenoxy) is 1. The van der Waals surface area contributed by atoms with Gasteiger partial charge in [0.2, 0.25) is 0 Å². The summed E-state index contributed by atoms with van der Waals surface area (Å²) in [5.74, 6) is 0.137. The molecule has 0 spiro atoms. The normalized spacial score (nSPS) is 17.1.